The summed E-state index contributed by atoms with van der Waals surface area (Å²) in [5, 5.41) is 9.86. The van der Waals surface area contributed by atoms with Gasteiger partial charge in [0.15, 0.2) is 0 Å². The molecule has 5 N–H and O–H groups in total. The molecule has 0 fully saturated rings. The number of carbonyl (C=O) groups is 1. The van der Waals surface area contributed by atoms with Crippen LogP contribution in [0, 0.1) is 0 Å². The number of carbonyl (C=O) groups excluding carboxylic acids is 1. The molecule has 2 rings (SSSR count). The first-order chi connectivity index (χ1) is 12.4. The van der Waals surface area contributed by atoms with Crippen molar-refractivity contribution < 1.29 is 30.7 Å². The highest BCUT2D eigenvalue weighted by atomic mass is 32.2. The van der Waals surface area contributed by atoms with Gasteiger partial charge in [0, 0.05) is 12.6 Å². The number of anilines is 2. The minimum atomic E-state index is -4.76. The molecule has 0 aromatic heterocycles. The number of nitrogens with one attached hydrogen (secondary N) is 1. The van der Waals surface area contributed by atoms with Crippen LogP contribution in [-0.2, 0) is 25.0 Å². The van der Waals surface area contributed by atoms with E-state index in [1.54, 1.807) is 0 Å². The molecule has 2 aromatic rings. The van der Waals surface area contributed by atoms with Crippen LogP contribution < -0.4 is 11.1 Å². The summed E-state index contributed by atoms with van der Waals surface area (Å²) < 4.78 is 63.7. The van der Waals surface area contributed by atoms with Crippen molar-refractivity contribution >= 4 is 48.9 Å². The first-order valence-electron chi connectivity index (χ1n) is 7.06. The van der Waals surface area contributed by atoms with Crippen LogP contribution in [0.2, 0.25) is 0 Å². The van der Waals surface area contributed by atoms with Gasteiger partial charge in [0.1, 0.15) is 16.3 Å². The second-order valence-corrected chi connectivity index (χ2v) is 8.05. The summed E-state index contributed by atoms with van der Waals surface area (Å²) in [6.45, 7) is 1.25. The minimum Gasteiger partial charge on any atom is -0.399 e. The van der Waals surface area contributed by atoms with E-state index in [2.05, 4.69) is 15.5 Å². The number of hydrogen-bond donors (Lipinski definition) is 4. The van der Waals surface area contributed by atoms with E-state index in [0.717, 1.165) is 18.2 Å². The number of nitrogens with two attached hydrogens (primary N) is 1. The quantitative estimate of drug-likeness (QED) is 0.325. The van der Waals surface area contributed by atoms with Crippen molar-refractivity contribution in [2.24, 2.45) is 10.2 Å². The monoisotopic (exact) mass is 414 g/mol. The van der Waals surface area contributed by atoms with Crippen LogP contribution >= 0.6 is 0 Å². The lowest BCUT2D eigenvalue weighted by molar-refractivity contribution is -0.114. The molecule has 0 heterocycles. The molecule has 0 radical (unpaired) electrons. The molecule has 13 heteroatoms. The molecule has 27 heavy (non-hydrogen) atoms. The van der Waals surface area contributed by atoms with Crippen molar-refractivity contribution in [1.82, 2.24) is 0 Å². The SMILES string of the molecule is CC(=O)Nc1cc(N)ccc1N=Nc1cc(S(=O)(=O)O)ccc1S(=O)(=O)O. The number of amides is 1. The standard InChI is InChI=1S/C14H14N4O7S2/c1-8(19)16-12-6-9(15)2-4-11(12)17-18-13-7-10(26(20,21)22)3-5-14(13)27(23,24)25/h2-7H,15H2,1H3,(H,16,19)(H,20,21,22)(H,23,24,25). The van der Waals surface area contributed by atoms with Gasteiger partial charge in [-0.3, -0.25) is 13.9 Å². The van der Waals surface area contributed by atoms with E-state index in [1.807, 2.05) is 0 Å². The number of azo groups is 1. The Balaban J connectivity index is 2.61. The number of hydrogen-bond acceptors (Lipinski definition) is 8. The Kier molecular flexibility index (Phi) is 5.60. The molecule has 0 aliphatic heterocycles. The average Bonchev–Trinajstić information content (AvgIpc) is 2.51. The third kappa shape index (κ3) is 5.30. The maximum Gasteiger partial charge on any atom is 0.296 e. The minimum absolute atomic E-state index is 0.0814. The zero-order valence-electron chi connectivity index (χ0n) is 13.7. The maximum absolute atomic E-state index is 11.5. The highest BCUT2D eigenvalue weighted by Gasteiger charge is 2.20. The normalized spacial score (nSPS) is 12.3. The van der Waals surface area contributed by atoms with E-state index in [0.29, 0.717) is 5.69 Å². The van der Waals surface area contributed by atoms with Crippen LogP contribution in [0.15, 0.2) is 56.4 Å². The Morgan fingerprint density at radius 3 is 2.15 bits per heavy atom. The lowest BCUT2D eigenvalue weighted by atomic mass is 10.2. The fraction of sp³-hybridized carbons (Fsp3) is 0.0714. The molecule has 11 nitrogen and oxygen atoms in total. The van der Waals surface area contributed by atoms with E-state index in [9.17, 15) is 26.2 Å². The highest BCUT2D eigenvalue weighted by molar-refractivity contribution is 7.86. The topological polar surface area (TPSA) is 189 Å². The highest BCUT2D eigenvalue weighted by Crippen LogP contribution is 2.32. The van der Waals surface area contributed by atoms with Gasteiger partial charge in [-0.15, -0.1) is 10.2 Å². The molecule has 0 saturated carbocycles. The van der Waals surface area contributed by atoms with Crippen LogP contribution in [-0.4, -0.2) is 31.8 Å². The smallest absolute Gasteiger partial charge is 0.296 e. The second-order valence-electron chi connectivity index (χ2n) is 5.24. The molecule has 0 saturated heterocycles. The van der Waals surface area contributed by atoms with Gasteiger partial charge >= 0.3 is 0 Å². The molecular formula is C14H14N4O7S2. The second kappa shape index (κ2) is 7.40. The Hall–Kier alpha value is -2.87. The summed E-state index contributed by atoms with van der Waals surface area (Å²) in [5.74, 6) is -0.427. The lowest BCUT2D eigenvalue weighted by Gasteiger charge is -2.07. The molecular weight excluding hydrogens is 400 g/mol. The zero-order chi connectivity index (χ0) is 20.4. The van der Waals surface area contributed by atoms with E-state index < -0.39 is 41.6 Å². The Bertz CT molecular complexity index is 1140. The van der Waals surface area contributed by atoms with Crippen LogP contribution in [0.4, 0.5) is 22.7 Å². The predicted octanol–water partition coefficient (Wildman–Crippen LogP) is 2.14. The van der Waals surface area contributed by atoms with Crippen LogP contribution in [0.25, 0.3) is 0 Å². The number of nitrogen functional groups attached to an aromatic ring is 1. The fourth-order valence-corrected chi connectivity index (χ4v) is 3.10. The summed E-state index contributed by atoms with van der Waals surface area (Å²) in [6.07, 6.45) is 0. The third-order valence-electron chi connectivity index (χ3n) is 3.10. The zero-order valence-corrected chi connectivity index (χ0v) is 15.3. The molecule has 0 unspecified atom stereocenters. The van der Waals surface area contributed by atoms with Gasteiger partial charge < -0.3 is 11.1 Å². The van der Waals surface area contributed by atoms with Gasteiger partial charge in [0.25, 0.3) is 20.2 Å². The maximum atomic E-state index is 11.5. The number of nitrogens with zero attached hydrogens (tertiary/aromatic N) is 2. The van der Waals surface area contributed by atoms with Crippen molar-refractivity contribution in [1.29, 1.82) is 0 Å². The number of rotatable bonds is 5. The molecule has 0 bridgehead atoms. The van der Waals surface area contributed by atoms with Crippen molar-refractivity contribution in [3.63, 3.8) is 0 Å². The van der Waals surface area contributed by atoms with Gasteiger partial charge in [-0.05, 0) is 36.4 Å². The van der Waals surface area contributed by atoms with Crippen molar-refractivity contribution in [2.75, 3.05) is 11.1 Å². The van der Waals surface area contributed by atoms with E-state index >= 15 is 0 Å². The van der Waals surface area contributed by atoms with E-state index in [4.69, 9.17) is 10.3 Å². The molecule has 2 aromatic carbocycles. The molecule has 0 spiro atoms. The average molecular weight is 414 g/mol. The van der Waals surface area contributed by atoms with Gasteiger partial charge in [0.05, 0.1) is 10.6 Å². The third-order valence-corrected chi connectivity index (χ3v) is 4.85. The van der Waals surface area contributed by atoms with Gasteiger partial charge in [-0.1, -0.05) is 0 Å². The van der Waals surface area contributed by atoms with Crippen LogP contribution in [0.5, 0.6) is 0 Å². The molecule has 0 atom stereocenters. The molecule has 0 aliphatic carbocycles. The van der Waals surface area contributed by atoms with Crippen LogP contribution in [0.1, 0.15) is 6.92 Å². The molecule has 0 aliphatic rings. The van der Waals surface area contributed by atoms with Gasteiger partial charge in [-0.2, -0.15) is 16.8 Å². The van der Waals surface area contributed by atoms with Crippen LogP contribution in [0.3, 0.4) is 0 Å². The summed E-state index contributed by atoms with van der Waals surface area (Å²) in [7, 11) is -9.41. The fourth-order valence-electron chi connectivity index (χ4n) is 1.99. The summed E-state index contributed by atoms with van der Waals surface area (Å²) in [5.41, 5.74) is 5.65. The van der Waals surface area contributed by atoms with Crippen molar-refractivity contribution in [3.05, 3.63) is 36.4 Å². The predicted molar refractivity (Wildman–Crippen MR) is 95.4 cm³/mol. The van der Waals surface area contributed by atoms with E-state index in [-0.39, 0.29) is 11.4 Å². The first kappa shape index (κ1) is 20.4. The van der Waals surface area contributed by atoms with Gasteiger partial charge in [0.2, 0.25) is 5.91 Å². The van der Waals surface area contributed by atoms with E-state index in [1.165, 1.54) is 25.1 Å². The lowest BCUT2D eigenvalue weighted by Crippen LogP contribution is -2.06. The number of benzene rings is 2. The largest absolute Gasteiger partial charge is 0.399 e. The van der Waals surface area contributed by atoms with Crippen molar-refractivity contribution in [3.8, 4) is 0 Å². The summed E-state index contributed by atoms with van der Waals surface area (Å²) in [4.78, 5) is 9.88. The van der Waals surface area contributed by atoms with Crippen molar-refractivity contribution in [2.45, 2.75) is 16.7 Å². The Morgan fingerprint density at radius 1 is 0.963 bits per heavy atom. The molecule has 144 valence electrons. The first-order valence-corrected chi connectivity index (χ1v) is 9.94. The summed E-state index contributed by atoms with van der Waals surface area (Å²) in [6, 6.07) is 6.46. The molecule has 1 amide bonds. The Morgan fingerprint density at radius 2 is 1.59 bits per heavy atom. The Labute approximate surface area is 154 Å². The summed E-state index contributed by atoms with van der Waals surface area (Å²) >= 11 is 0. The van der Waals surface area contributed by atoms with Gasteiger partial charge in [-0.25, -0.2) is 0 Å².